The van der Waals surface area contributed by atoms with Crippen LogP contribution in [0, 0.1) is 22.7 Å². The minimum absolute atomic E-state index is 0.00124. The van der Waals surface area contributed by atoms with Crippen molar-refractivity contribution in [2.45, 2.75) is 0 Å². The molecule has 0 aliphatic rings. The molecular formula is C17H13BrN4O3. The van der Waals surface area contributed by atoms with Gasteiger partial charge < -0.3 is 20.2 Å². The highest BCUT2D eigenvalue weighted by Gasteiger charge is 2.22. The molecule has 0 spiro atoms. The maximum atomic E-state index is 12.1. The van der Waals surface area contributed by atoms with Crippen LogP contribution >= 0.6 is 15.9 Å². The standard InChI is InChI=1S/C17H13BrN4O3/c1-3-4-25-14-6-12(18)9(5-13(14)24-2)15-10(7-19)16(21)22-17(23)11(15)8-20/h3,5-6H,1,4H2,2H3,(H3,21,22,23). The van der Waals surface area contributed by atoms with Crippen molar-refractivity contribution < 1.29 is 9.47 Å². The van der Waals surface area contributed by atoms with Crippen LogP contribution in [0.1, 0.15) is 11.1 Å². The van der Waals surface area contributed by atoms with E-state index in [1.807, 2.05) is 12.1 Å². The predicted octanol–water partition coefficient (Wildman–Crippen LogP) is 2.70. The summed E-state index contributed by atoms with van der Waals surface area (Å²) in [7, 11) is 1.45. The van der Waals surface area contributed by atoms with Gasteiger partial charge in [0.25, 0.3) is 5.56 Å². The van der Waals surface area contributed by atoms with Crippen molar-refractivity contribution in [2.24, 2.45) is 0 Å². The molecule has 0 aliphatic carbocycles. The molecule has 2 aromatic rings. The molecule has 7 nitrogen and oxygen atoms in total. The Labute approximate surface area is 152 Å². The molecule has 0 aliphatic heterocycles. The molecule has 0 atom stereocenters. The van der Waals surface area contributed by atoms with E-state index in [0.29, 0.717) is 21.5 Å². The Kier molecular flexibility index (Phi) is 5.48. The van der Waals surface area contributed by atoms with Gasteiger partial charge in [0.2, 0.25) is 0 Å². The van der Waals surface area contributed by atoms with E-state index in [-0.39, 0.29) is 29.1 Å². The van der Waals surface area contributed by atoms with E-state index in [2.05, 4.69) is 27.5 Å². The summed E-state index contributed by atoms with van der Waals surface area (Å²) in [6.07, 6.45) is 1.58. The number of nitriles is 2. The molecular weight excluding hydrogens is 388 g/mol. The number of pyridine rings is 1. The minimum Gasteiger partial charge on any atom is -0.493 e. The molecule has 2 rings (SSSR count). The van der Waals surface area contributed by atoms with Crippen LogP contribution in [0.2, 0.25) is 0 Å². The molecule has 0 saturated carbocycles. The highest BCUT2D eigenvalue weighted by molar-refractivity contribution is 9.10. The number of nitrogens with one attached hydrogen (secondary N) is 1. The molecule has 25 heavy (non-hydrogen) atoms. The molecule has 1 heterocycles. The maximum Gasteiger partial charge on any atom is 0.268 e. The first-order valence-corrected chi connectivity index (χ1v) is 7.75. The van der Waals surface area contributed by atoms with Crippen LogP contribution in [-0.4, -0.2) is 18.7 Å². The van der Waals surface area contributed by atoms with E-state index >= 15 is 0 Å². The van der Waals surface area contributed by atoms with E-state index in [0.717, 1.165) is 0 Å². The zero-order valence-corrected chi connectivity index (χ0v) is 14.8. The molecule has 0 unspecified atom stereocenters. The van der Waals surface area contributed by atoms with Crippen molar-refractivity contribution in [2.75, 3.05) is 19.5 Å². The first-order valence-electron chi connectivity index (χ1n) is 6.96. The largest absolute Gasteiger partial charge is 0.493 e. The highest BCUT2D eigenvalue weighted by atomic mass is 79.9. The minimum atomic E-state index is -0.674. The number of anilines is 1. The van der Waals surface area contributed by atoms with Gasteiger partial charge in [0.1, 0.15) is 35.7 Å². The highest BCUT2D eigenvalue weighted by Crippen LogP contribution is 2.41. The molecule has 0 bridgehead atoms. The number of nitrogen functional groups attached to an aromatic ring is 1. The zero-order chi connectivity index (χ0) is 18.6. The number of nitrogens with zero attached hydrogens (tertiary/aromatic N) is 2. The fourth-order valence-electron chi connectivity index (χ4n) is 2.26. The molecule has 0 fully saturated rings. The number of aromatic amines is 1. The Balaban J connectivity index is 2.84. The van der Waals surface area contributed by atoms with Crippen LogP contribution < -0.4 is 20.8 Å². The van der Waals surface area contributed by atoms with Crippen LogP contribution in [0.5, 0.6) is 11.5 Å². The van der Waals surface area contributed by atoms with Gasteiger partial charge in [0.05, 0.1) is 7.11 Å². The van der Waals surface area contributed by atoms with Crippen molar-refractivity contribution in [1.82, 2.24) is 4.98 Å². The SMILES string of the molecule is C=CCOc1cc(Br)c(-c2c(C#N)c(N)[nH]c(=O)c2C#N)cc1OC. The quantitative estimate of drug-likeness (QED) is 0.743. The van der Waals surface area contributed by atoms with E-state index in [1.165, 1.54) is 7.11 Å². The van der Waals surface area contributed by atoms with Gasteiger partial charge in [-0.3, -0.25) is 4.79 Å². The van der Waals surface area contributed by atoms with Gasteiger partial charge >= 0.3 is 0 Å². The van der Waals surface area contributed by atoms with Crippen LogP contribution in [-0.2, 0) is 0 Å². The lowest BCUT2D eigenvalue weighted by atomic mass is 9.96. The Morgan fingerprint density at radius 1 is 1.32 bits per heavy atom. The molecule has 126 valence electrons. The molecule has 0 amide bonds. The Morgan fingerprint density at radius 2 is 2.00 bits per heavy atom. The maximum absolute atomic E-state index is 12.1. The molecule has 1 aromatic heterocycles. The molecule has 3 N–H and O–H groups in total. The number of H-pyrrole nitrogens is 1. The summed E-state index contributed by atoms with van der Waals surface area (Å²) in [5, 5.41) is 18.8. The van der Waals surface area contributed by atoms with Gasteiger partial charge in [0.15, 0.2) is 11.5 Å². The summed E-state index contributed by atoms with van der Waals surface area (Å²) in [6.45, 7) is 3.85. The van der Waals surface area contributed by atoms with Gasteiger partial charge in [-0.05, 0) is 12.1 Å². The van der Waals surface area contributed by atoms with Crippen LogP contribution in [0.15, 0.2) is 34.1 Å². The second-order valence-electron chi connectivity index (χ2n) is 4.80. The zero-order valence-electron chi connectivity index (χ0n) is 13.2. The van der Waals surface area contributed by atoms with Crippen molar-refractivity contribution in [3.8, 4) is 34.8 Å². The van der Waals surface area contributed by atoms with Gasteiger partial charge in [0, 0.05) is 15.6 Å². The Morgan fingerprint density at radius 3 is 2.56 bits per heavy atom. The van der Waals surface area contributed by atoms with E-state index in [9.17, 15) is 15.3 Å². The summed E-state index contributed by atoms with van der Waals surface area (Å²) in [6, 6.07) is 6.94. The first-order chi connectivity index (χ1) is 12.0. The number of hydrogen-bond donors (Lipinski definition) is 2. The molecule has 8 heteroatoms. The fraction of sp³-hybridized carbons (Fsp3) is 0.118. The molecule has 0 saturated heterocycles. The summed E-state index contributed by atoms with van der Waals surface area (Å²) in [5.41, 5.74) is 5.39. The number of halogens is 1. The summed E-state index contributed by atoms with van der Waals surface area (Å²) in [5.74, 6) is 0.693. The number of rotatable bonds is 5. The van der Waals surface area contributed by atoms with Gasteiger partial charge in [-0.1, -0.05) is 28.6 Å². The molecule has 1 aromatic carbocycles. The summed E-state index contributed by atoms with van der Waals surface area (Å²) in [4.78, 5) is 14.4. The van der Waals surface area contributed by atoms with Crippen molar-refractivity contribution in [3.63, 3.8) is 0 Å². The van der Waals surface area contributed by atoms with E-state index in [1.54, 1.807) is 18.2 Å². The third-order valence-electron chi connectivity index (χ3n) is 3.35. The van der Waals surface area contributed by atoms with Gasteiger partial charge in [-0.25, -0.2) is 0 Å². The number of benzene rings is 1. The summed E-state index contributed by atoms with van der Waals surface area (Å²) >= 11 is 3.38. The number of aromatic nitrogens is 1. The topological polar surface area (TPSA) is 125 Å². The lowest BCUT2D eigenvalue weighted by Gasteiger charge is -2.15. The fourth-order valence-corrected chi connectivity index (χ4v) is 2.78. The first kappa shape index (κ1) is 18.1. The van der Waals surface area contributed by atoms with Gasteiger partial charge in [-0.15, -0.1) is 0 Å². The second-order valence-corrected chi connectivity index (χ2v) is 5.65. The lowest BCUT2D eigenvalue weighted by Crippen LogP contribution is -2.16. The van der Waals surface area contributed by atoms with Crippen molar-refractivity contribution >= 4 is 21.7 Å². The normalized spacial score (nSPS) is 9.76. The Hall–Kier alpha value is -3.23. The third-order valence-corrected chi connectivity index (χ3v) is 4.00. The van der Waals surface area contributed by atoms with Crippen LogP contribution in [0.3, 0.4) is 0 Å². The molecule has 0 radical (unpaired) electrons. The third kappa shape index (κ3) is 3.35. The number of methoxy groups -OCH3 is 1. The monoisotopic (exact) mass is 400 g/mol. The van der Waals surface area contributed by atoms with Crippen molar-refractivity contribution in [1.29, 1.82) is 10.5 Å². The number of nitrogens with two attached hydrogens (primary N) is 1. The predicted molar refractivity (Wildman–Crippen MR) is 96.3 cm³/mol. The average molecular weight is 401 g/mol. The smallest absolute Gasteiger partial charge is 0.268 e. The Bertz CT molecular complexity index is 983. The average Bonchev–Trinajstić information content (AvgIpc) is 2.59. The van der Waals surface area contributed by atoms with Crippen LogP contribution in [0.4, 0.5) is 5.82 Å². The number of ether oxygens (including phenoxy) is 2. The van der Waals surface area contributed by atoms with Crippen LogP contribution in [0.25, 0.3) is 11.1 Å². The second kappa shape index (κ2) is 7.56. The summed E-state index contributed by atoms with van der Waals surface area (Å²) < 4.78 is 11.3. The van der Waals surface area contributed by atoms with Crippen molar-refractivity contribution in [3.05, 3.63) is 50.7 Å². The van der Waals surface area contributed by atoms with E-state index < -0.39 is 5.56 Å². The lowest BCUT2D eigenvalue weighted by molar-refractivity contribution is 0.326. The number of hydrogen-bond acceptors (Lipinski definition) is 6. The van der Waals surface area contributed by atoms with E-state index in [4.69, 9.17) is 15.2 Å². The van der Waals surface area contributed by atoms with Gasteiger partial charge in [-0.2, -0.15) is 10.5 Å².